The average Bonchev–Trinajstić information content (AvgIpc) is 3.21. The summed E-state index contributed by atoms with van der Waals surface area (Å²) in [4.78, 5) is 10.8. The van der Waals surface area contributed by atoms with Crippen molar-refractivity contribution in [1.29, 1.82) is 0 Å². The summed E-state index contributed by atoms with van der Waals surface area (Å²) in [5.41, 5.74) is 0. The summed E-state index contributed by atoms with van der Waals surface area (Å²) >= 11 is 0. The Hall–Kier alpha value is -1.82. The Kier molecular flexibility index (Phi) is 5.11. The molecular weight excluding hydrogens is 280 g/mol. The molecule has 0 radical (unpaired) electrons. The highest BCUT2D eigenvalue weighted by Crippen LogP contribution is 2.16. The third-order valence-electron chi connectivity index (χ3n) is 4.09. The van der Waals surface area contributed by atoms with Gasteiger partial charge in [-0.1, -0.05) is 6.07 Å². The van der Waals surface area contributed by atoms with Crippen molar-refractivity contribution in [1.82, 2.24) is 15.2 Å². The molecule has 0 amide bonds. The minimum absolute atomic E-state index is 0.163. The van der Waals surface area contributed by atoms with Gasteiger partial charge in [0.25, 0.3) is 0 Å². The molecule has 2 fully saturated rings. The molecule has 0 saturated carbocycles. The van der Waals surface area contributed by atoms with Crippen LogP contribution in [-0.4, -0.2) is 61.3 Å². The summed E-state index contributed by atoms with van der Waals surface area (Å²) in [7, 11) is 1.82. The van der Waals surface area contributed by atoms with Crippen LogP contribution in [-0.2, 0) is 4.74 Å². The summed E-state index contributed by atoms with van der Waals surface area (Å²) in [5, 5.41) is 3.42. The number of nitrogens with one attached hydrogen (secondary N) is 1. The lowest BCUT2D eigenvalue weighted by Gasteiger charge is -2.23. The van der Waals surface area contributed by atoms with Crippen molar-refractivity contribution in [3.05, 3.63) is 24.4 Å². The second-order valence-corrected chi connectivity index (χ2v) is 5.71. The zero-order chi connectivity index (χ0) is 15.2. The van der Waals surface area contributed by atoms with Gasteiger partial charge in [-0.05, 0) is 18.9 Å². The molecular formula is C16H24N4O2. The molecule has 1 N–H and O–H groups in total. The fourth-order valence-electron chi connectivity index (χ4n) is 2.95. The van der Waals surface area contributed by atoms with Gasteiger partial charge in [0.05, 0.1) is 12.6 Å². The molecule has 0 aromatic carbocycles. The van der Waals surface area contributed by atoms with Crippen LogP contribution in [0, 0.1) is 0 Å². The Morgan fingerprint density at radius 3 is 3.18 bits per heavy atom. The van der Waals surface area contributed by atoms with E-state index in [0.717, 1.165) is 51.5 Å². The second kappa shape index (κ2) is 7.45. The number of hydrogen-bond donors (Lipinski definition) is 1. The lowest BCUT2D eigenvalue weighted by atomic mass is 10.2. The van der Waals surface area contributed by atoms with Crippen LogP contribution in [0.25, 0.3) is 0 Å². The van der Waals surface area contributed by atoms with Gasteiger partial charge < -0.3 is 19.7 Å². The lowest BCUT2D eigenvalue weighted by molar-refractivity contribution is 0.113. The fourth-order valence-corrected chi connectivity index (χ4v) is 2.95. The zero-order valence-electron chi connectivity index (χ0n) is 13.1. The first-order valence-electron chi connectivity index (χ1n) is 8.00. The summed E-state index contributed by atoms with van der Waals surface area (Å²) in [6.45, 7) is 3.49. The second-order valence-electron chi connectivity index (χ2n) is 5.71. The number of pyridine rings is 1. The van der Waals surface area contributed by atoms with Crippen LogP contribution in [0.5, 0.6) is 5.88 Å². The smallest absolute Gasteiger partial charge is 0.213 e. The van der Waals surface area contributed by atoms with Gasteiger partial charge >= 0.3 is 0 Å². The molecule has 120 valence electrons. The highest BCUT2D eigenvalue weighted by atomic mass is 16.5. The van der Waals surface area contributed by atoms with Crippen LogP contribution in [0.4, 0.5) is 0 Å². The van der Waals surface area contributed by atoms with Crippen LogP contribution in [0.1, 0.15) is 19.3 Å². The normalized spacial score (nSPS) is 25.5. The molecule has 2 atom stereocenters. The summed E-state index contributed by atoms with van der Waals surface area (Å²) in [5.74, 6) is 1.62. The molecule has 2 saturated heterocycles. The molecule has 2 unspecified atom stereocenters. The van der Waals surface area contributed by atoms with Gasteiger partial charge in [-0.15, -0.1) is 0 Å². The van der Waals surface area contributed by atoms with Gasteiger partial charge in [-0.25, -0.2) is 4.98 Å². The van der Waals surface area contributed by atoms with E-state index in [2.05, 4.69) is 20.2 Å². The monoisotopic (exact) mass is 304 g/mol. The topological polar surface area (TPSA) is 59.0 Å². The summed E-state index contributed by atoms with van der Waals surface area (Å²) in [6, 6.07) is 5.73. The van der Waals surface area contributed by atoms with Gasteiger partial charge in [0, 0.05) is 45.4 Å². The van der Waals surface area contributed by atoms with E-state index in [4.69, 9.17) is 9.47 Å². The van der Waals surface area contributed by atoms with E-state index in [0.29, 0.717) is 12.0 Å². The molecule has 2 aliphatic heterocycles. The molecule has 0 bridgehead atoms. The van der Waals surface area contributed by atoms with Crippen LogP contribution in [0.3, 0.4) is 0 Å². The molecule has 0 aliphatic carbocycles. The van der Waals surface area contributed by atoms with E-state index in [1.165, 1.54) is 0 Å². The number of aromatic nitrogens is 1. The lowest BCUT2D eigenvalue weighted by Crippen LogP contribution is -2.43. The third-order valence-corrected chi connectivity index (χ3v) is 4.09. The Balaban J connectivity index is 1.47. The SMILES string of the molecule is CN=C(NCC1CCCO1)N1CCC(Oc2ccccn2)C1. The molecule has 2 aliphatic rings. The molecule has 6 nitrogen and oxygen atoms in total. The predicted octanol–water partition coefficient (Wildman–Crippen LogP) is 1.29. The number of aliphatic imine (C=N–C) groups is 1. The number of rotatable bonds is 4. The molecule has 1 aromatic heterocycles. The van der Waals surface area contributed by atoms with Crippen molar-refractivity contribution in [2.75, 3.05) is 33.3 Å². The van der Waals surface area contributed by atoms with Gasteiger partial charge in [-0.2, -0.15) is 0 Å². The highest BCUT2D eigenvalue weighted by molar-refractivity contribution is 5.80. The summed E-state index contributed by atoms with van der Waals surface area (Å²) < 4.78 is 11.6. The van der Waals surface area contributed by atoms with E-state index in [1.54, 1.807) is 6.20 Å². The highest BCUT2D eigenvalue weighted by Gasteiger charge is 2.27. The maximum absolute atomic E-state index is 5.92. The van der Waals surface area contributed by atoms with E-state index in [-0.39, 0.29) is 6.10 Å². The number of nitrogens with zero attached hydrogens (tertiary/aromatic N) is 3. The number of guanidine groups is 1. The molecule has 6 heteroatoms. The number of likely N-dealkylation sites (tertiary alicyclic amines) is 1. The van der Waals surface area contributed by atoms with E-state index in [9.17, 15) is 0 Å². The first kappa shape index (κ1) is 15.1. The van der Waals surface area contributed by atoms with Gasteiger partial charge in [0.2, 0.25) is 5.88 Å². The van der Waals surface area contributed by atoms with Crippen molar-refractivity contribution in [2.45, 2.75) is 31.5 Å². The van der Waals surface area contributed by atoms with Crippen molar-refractivity contribution in [2.24, 2.45) is 4.99 Å². The predicted molar refractivity (Wildman–Crippen MR) is 85.2 cm³/mol. The van der Waals surface area contributed by atoms with Crippen molar-refractivity contribution in [3.8, 4) is 5.88 Å². The average molecular weight is 304 g/mol. The van der Waals surface area contributed by atoms with Crippen LogP contribution in [0.2, 0.25) is 0 Å². The quantitative estimate of drug-likeness (QED) is 0.671. The molecule has 3 rings (SSSR count). The Bertz CT molecular complexity index is 488. The van der Waals surface area contributed by atoms with E-state index in [1.807, 2.05) is 25.2 Å². The number of hydrogen-bond acceptors (Lipinski definition) is 4. The first-order valence-corrected chi connectivity index (χ1v) is 8.00. The maximum atomic E-state index is 5.92. The minimum atomic E-state index is 0.163. The Morgan fingerprint density at radius 1 is 1.50 bits per heavy atom. The van der Waals surface area contributed by atoms with Gasteiger partial charge in [0.1, 0.15) is 6.10 Å². The van der Waals surface area contributed by atoms with Gasteiger partial charge in [0.15, 0.2) is 5.96 Å². The fraction of sp³-hybridized carbons (Fsp3) is 0.625. The molecule has 3 heterocycles. The standard InChI is InChI=1S/C16H24N4O2/c1-17-16(19-11-13-5-4-10-21-13)20-9-7-14(12-20)22-15-6-2-3-8-18-15/h2-3,6,8,13-14H,4-5,7,9-12H2,1H3,(H,17,19). The third kappa shape index (κ3) is 3.88. The van der Waals surface area contributed by atoms with Crippen LogP contribution < -0.4 is 10.1 Å². The maximum Gasteiger partial charge on any atom is 0.213 e. The molecule has 0 spiro atoms. The zero-order valence-corrected chi connectivity index (χ0v) is 13.1. The Morgan fingerprint density at radius 2 is 2.45 bits per heavy atom. The van der Waals surface area contributed by atoms with Crippen molar-refractivity contribution in [3.63, 3.8) is 0 Å². The molecule has 22 heavy (non-hydrogen) atoms. The number of ether oxygens (including phenoxy) is 2. The van der Waals surface area contributed by atoms with E-state index < -0.39 is 0 Å². The minimum Gasteiger partial charge on any atom is -0.472 e. The molecule has 1 aromatic rings. The summed E-state index contributed by atoms with van der Waals surface area (Å²) in [6.07, 6.45) is 5.52. The largest absolute Gasteiger partial charge is 0.472 e. The Labute approximate surface area is 131 Å². The van der Waals surface area contributed by atoms with Crippen LogP contribution >= 0.6 is 0 Å². The van der Waals surface area contributed by atoms with Crippen molar-refractivity contribution < 1.29 is 9.47 Å². The van der Waals surface area contributed by atoms with Crippen molar-refractivity contribution >= 4 is 5.96 Å². The van der Waals surface area contributed by atoms with Gasteiger partial charge in [-0.3, -0.25) is 4.99 Å². The van der Waals surface area contributed by atoms with E-state index >= 15 is 0 Å². The first-order chi connectivity index (χ1) is 10.8. The van der Waals surface area contributed by atoms with Crippen LogP contribution in [0.15, 0.2) is 29.4 Å².